The van der Waals surface area contributed by atoms with E-state index in [2.05, 4.69) is 0 Å². The third-order valence-electron chi connectivity index (χ3n) is 2.94. The summed E-state index contributed by atoms with van der Waals surface area (Å²) in [6.45, 7) is 1.76. The molecule has 1 unspecified atom stereocenters. The molecule has 80 valence electrons. The molecule has 0 amide bonds. The van der Waals surface area contributed by atoms with Crippen molar-refractivity contribution in [3.05, 3.63) is 35.1 Å². The van der Waals surface area contributed by atoms with Crippen molar-refractivity contribution in [1.29, 1.82) is 0 Å². The lowest BCUT2D eigenvalue weighted by Gasteiger charge is -2.15. The van der Waals surface area contributed by atoms with Crippen LogP contribution in [0.4, 0.5) is 4.39 Å². The van der Waals surface area contributed by atoms with E-state index < -0.39 is 17.7 Å². The molecule has 0 radical (unpaired) electrons. The second-order valence-electron chi connectivity index (χ2n) is 4.12. The summed E-state index contributed by atoms with van der Waals surface area (Å²) in [6, 6.07) is 4.71. The Kier molecular flexibility index (Phi) is 2.47. The number of benzene rings is 1. The van der Waals surface area contributed by atoms with Crippen LogP contribution >= 0.6 is 0 Å². The van der Waals surface area contributed by atoms with Crippen molar-refractivity contribution in [1.82, 2.24) is 0 Å². The van der Waals surface area contributed by atoms with Gasteiger partial charge in [-0.1, -0.05) is 12.1 Å². The molecular formula is C12H13FO2. The predicted molar refractivity (Wildman–Crippen MR) is 54.2 cm³/mol. The monoisotopic (exact) mass is 208 g/mol. The van der Waals surface area contributed by atoms with Gasteiger partial charge >= 0.3 is 5.97 Å². The summed E-state index contributed by atoms with van der Waals surface area (Å²) in [5, 5.41) is 9.12. The van der Waals surface area contributed by atoms with Gasteiger partial charge in [-0.05, 0) is 37.3 Å². The first kappa shape index (κ1) is 10.1. The zero-order valence-electron chi connectivity index (χ0n) is 8.53. The summed E-state index contributed by atoms with van der Waals surface area (Å²) >= 11 is 0. The first-order chi connectivity index (χ1) is 7.11. The van der Waals surface area contributed by atoms with Crippen molar-refractivity contribution in [3.8, 4) is 0 Å². The van der Waals surface area contributed by atoms with Crippen molar-refractivity contribution in [2.24, 2.45) is 5.92 Å². The minimum atomic E-state index is -0.911. The molecule has 0 bridgehead atoms. The van der Waals surface area contributed by atoms with E-state index >= 15 is 0 Å². The fraction of sp³-hybridized carbons (Fsp3) is 0.417. The zero-order valence-corrected chi connectivity index (χ0v) is 8.53. The van der Waals surface area contributed by atoms with Crippen LogP contribution in [-0.2, 0) is 4.79 Å². The number of halogens is 1. The fourth-order valence-corrected chi connectivity index (χ4v) is 2.03. The Morgan fingerprint density at radius 2 is 2.20 bits per heavy atom. The van der Waals surface area contributed by atoms with Crippen LogP contribution in [0.15, 0.2) is 18.2 Å². The van der Waals surface area contributed by atoms with Gasteiger partial charge in [0.05, 0.1) is 5.92 Å². The molecule has 2 rings (SSSR count). The molecule has 1 N–H and O–H groups in total. The Labute approximate surface area is 87.7 Å². The van der Waals surface area contributed by atoms with E-state index in [1.165, 1.54) is 6.07 Å². The molecule has 0 saturated heterocycles. The smallest absolute Gasteiger partial charge is 0.311 e. The van der Waals surface area contributed by atoms with Gasteiger partial charge < -0.3 is 5.11 Å². The van der Waals surface area contributed by atoms with Gasteiger partial charge in [0.1, 0.15) is 5.82 Å². The number of hydrogen-bond donors (Lipinski definition) is 1. The van der Waals surface area contributed by atoms with Crippen LogP contribution in [0.3, 0.4) is 0 Å². The minimum Gasteiger partial charge on any atom is -0.481 e. The standard InChI is InChI=1S/C12H13FO2/c1-7-3-2-4-9(13)10(7)11(12(14)15)8-5-6-8/h2-4,8,11H,5-6H2,1H3,(H,14,15). The number of aryl methyl sites for hydroxylation is 1. The molecule has 1 aliphatic carbocycles. The molecule has 2 nitrogen and oxygen atoms in total. The van der Waals surface area contributed by atoms with E-state index in [-0.39, 0.29) is 5.92 Å². The van der Waals surface area contributed by atoms with Gasteiger partial charge in [0.15, 0.2) is 0 Å². The van der Waals surface area contributed by atoms with Gasteiger partial charge in [-0.2, -0.15) is 0 Å². The van der Waals surface area contributed by atoms with E-state index in [1.807, 2.05) is 0 Å². The van der Waals surface area contributed by atoms with Crippen LogP contribution < -0.4 is 0 Å². The van der Waals surface area contributed by atoms with Crippen LogP contribution in [0.2, 0.25) is 0 Å². The van der Waals surface area contributed by atoms with E-state index in [0.717, 1.165) is 18.4 Å². The molecule has 0 heterocycles. The molecule has 3 heteroatoms. The largest absolute Gasteiger partial charge is 0.481 e. The van der Waals surface area contributed by atoms with Crippen LogP contribution in [0, 0.1) is 18.7 Å². The molecule has 1 aromatic rings. The van der Waals surface area contributed by atoms with E-state index in [9.17, 15) is 9.18 Å². The topological polar surface area (TPSA) is 37.3 Å². The zero-order chi connectivity index (χ0) is 11.0. The molecule has 0 aliphatic heterocycles. The lowest BCUT2D eigenvalue weighted by atomic mass is 9.90. The number of hydrogen-bond acceptors (Lipinski definition) is 1. The van der Waals surface area contributed by atoms with Gasteiger partial charge in [-0.15, -0.1) is 0 Å². The van der Waals surface area contributed by atoms with Crippen molar-refractivity contribution < 1.29 is 14.3 Å². The summed E-state index contributed by atoms with van der Waals surface area (Å²) in [5.74, 6) is -1.84. The van der Waals surface area contributed by atoms with Crippen LogP contribution in [-0.4, -0.2) is 11.1 Å². The van der Waals surface area contributed by atoms with E-state index in [1.54, 1.807) is 19.1 Å². The lowest BCUT2D eigenvalue weighted by molar-refractivity contribution is -0.139. The molecule has 0 spiro atoms. The number of rotatable bonds is 3. The SMILES string of the molecule is Cc1cccc(F)c1C(C(=O)O)C1CC1. The highest BCUT2D eigenvalue weighted by molar-refractivity contribution is 5.77. The van der Waals surface area contributed by atoms with Gasteiger partial charge in [0.2, 0.25) is 0 Å². The summed E-state index contributed by atoms with van der Waals surface area (Å²) in [4.78, 5) is 11.1. The van der Waals surface area contributed by atoms with Crippen molar-refractivity contribution in [2.75, 3.05) is 0 Å². The van der Waals surface area contributed by atoms with Gasteiger partial charge in [-0.25, -0.2) is 4.39 Å². The Morgan fingerprint density at radius 1 is 1.53 bits per heavy atom. The highest BCUT2D eigenvalue weighted by Gasteiger charge is 2.39. The summed E-state index contributed by atoms with van der Waals surface area (Å²) in [6.07, 6.45) is 1.79. The third kappa shape index (κ3) is 1.87. The minimum absolute atomic E-state index is 0.123. The molecule has 1 aliphatic rings. The summed E-state index contributed by atoms with van der Waals surface area (Å²) in [5.41, 5.74) is 1.10. The molecule has 1 atom stereocenters. The highest BCUT2D eigenvalue weighted by atomic mass is 19.1. The molecular weight excluding hydrogens is 195 g/mol. The second-order valence-corrected chi connectivity index (χ2v) is 4.12. The normalized spacial score (nSPS) is 17.5. The molecule has 1 fully saturated rings. The van der Waals surface area contributed by atoms with Crippen molar-refractivity contribution in [2.45, 2.75) is 25.7 Å². The first-order valence-electron chi connectivity index (χ1n) is 5.09. The Morgan fingerprint density at radius 3 is 2.67 bits per heavy atom. The molecule has 15 heavy (non-hydrogen) atoms. The molecule has 1 aromatic carbocycles. The maximum absolute atomic E-state index is 13.6. The lowest BCUT2D eigenvalue weighted by Crippen LogP contribution is -2.16. The van der Waals surface area contributed by atoms with E-state index in [0.29, 0.717) is 5.56 Å². The summed E-state index contributed by atoms with van der Waals surface area (Å²) in [7, 11) is 0. The molecule has 1 saturated carbocycles. The number of carboxylic acid groups (broad SMARTS) is 1. The second kappa shape index (κ2) is 3.65. The van der Waals surface area contributed by atoms with Crippen LogP contribution in [0.1, 0.15) is 29.9 Å². The maximum Gasteiger partial charge on any atom is 0.311 e. The number of aliphatic carboxylic acids is 1. The van der Waals surface area contributed by atoms with Gasteiger partial charge in [0, 0.05) is 5.56 Å². The average Bonchev–Trinajstić information content (AvgIpc) is 2.94. The quantitative estimate of drug-likeness (QED) is 0.829. The fourth-order valence-electron chi connectivity index (χ4n) is 2.03. The van der Waals surface area contributed by atoms with Crippen LogP contribution in [0.5, 0.6) is 0 Å². The van der Waals surface area contributed by atoms with Crippen LogP contribution in [0.25, 0.3) is 0 Å². The Balaban J connectivity index is 2.45. The number of carboxylic acids is 1. The Bertz CT molecular complexity index is 376. The van der Waals surface area contributed by atoms with Gasteiger partial charge in [-0.3, -0.25) is 4.79 Å². The maximum atomic E-state index is 13.6. The van der Waals surface area contributed by atoms with Gasteiger partial charge in [0.25, 0.3) is 0 Å². The van der Waals surface area contributed by atoms with Crippen molar-refractivity contribution in [3.63, 3.8) is 0 Å². The summed E-state index contributed by atoms with van der Waals surface area (Å²) < 4.78 is 13.6. The highest BCUT2D eigenvalue weighted by Crippen LogP contribution is 2.44. The molecule has 0 aromatic heterocycles. The van der Waals surface area contributed by atoms with E-state index in [4.69, 9.17) is 5.11 Å². The number of carbonyl (C=O) groups is 1. The first-order valence-corrected chi connectivity index (χ1v) is 5.09. The Hall–Kier alpha value is -1.38. The predicted octanol–water partition coefficient (Wildman–Crippen LogP) is 2.71. The average molecular weight is 208 g/mol. The third-order valence-corrected chi connectivity index (χ3v) is 2.94. The van der Waals surface area contributed by atoms with Crippen molar-refractivity contribution >= 4 is 5.97 Å².